The molecular weight excluding hydrogens is 281 g/mol. The number of rotatable bonds is 9. The minimum Gasteiger partial charge on any atom is -0.489 e. The fourth-order valence-electron chi connectivity index (χ4n) is 1.73. The SMILES string of the molecule is CCCS(=O)(=O)CCOc1ccc(CNCC)cc1F. The van der Waals surface area contributed by atoms with Crippen LogP contribution >= 0.6 is 0 Å². The van der Waals surface area contributed by atoms with Gasteiger partial charge in [0.1, 0.15) is 6.61 Å². The van der Waals surface area contributed by atoms with Crippen molar-refractivity contribution in [2.45, 2.75) is 26.8 Å². The first kappa shape index (κ1) is 16.9. The third-order valence-corrected chi connectivity index (χ3v) is 4.56. The number of nitrogens with one attached hydrogen (secondary N) is 1. The molecule has 0 atom stereocenters. The summed E-state index contributed by atoms with van der Waals surface area (Å²) in [5, 5.41) is 3.10. The van der Waals surface area contributed by atoms with Crippen LogP contribution in [0.2, 0.25) is 0 Å². The van der Waals surface area contributed by atoms with E-state index in [1.54, 1.807) is 13.0 Å². The number of hydrogen-bond donors (Lipinski definition) is 1. The van der Waals surface area contributed by atoms with Crippen molar-refractivity contribution in [1.29, 1.82) is 0 Å². The van der Waals surface area contributed by atoms with Gasteiger partial charge in [0.15, 0.2) is 21.4 Å². The average Bonchev–Trinajstić information content (AvgIpc) is 2.38. The van der Waals surface area contributed by atoms with Crippen molar-refractivity contribution in [3.05, 3.63) is 29.6 Å². The van der Waals surface area contributed by atoms with E-state index in [-0.39, 0.29) is 23.9 Å². The Bertz CT molecular complexity index is 517. The molecule has 1 rings (SSSR count). The molecule has 1 N–H and O–H groups in total. The van der Waals surface area contributed by atoms with E-state index in [9.17, 15) is 12.8 Å². The van der Waals surface area contributed by atoms with E-state index >= 15 is 0 Å². The van der Waals surface area contributed by atoms with Crippen molar-refractivity contribution in [2.75, 3.05) is 24.7 Å². The van der Waals surface area contributed by atoms with Crippen molar-refractivity contribution < 1.29 is 17.5 Å². The fourth-order valence-corrected chi connectivity index (χ4v) is 2.90. The number of benzene rings is 1. The van der Waals surface area contributed by atoms with Gasteiger partial charge in [0, 0.05) is 6.54 Å². The summed E-state index contributed by atoms with van der Waals surface area (Å²) < 4.78 is 41.9. The van der Waals surface area contributed by atoms with Crippen LogP contribution < -0.4 is 10.1 Å². The number of hydrogen-bond acceptors (Lipinski definition) is 4. The van der Waals surface area contributed by atoms with Gasteiger partial charge in [-0.25, -0.2) is 12.8 Å². The summed E-state index contributed by atoms with van der Waals surface area (Å²) in [6.45, 7) is 5.17. The Morgan fingerprint density at radius 1 is 1.25 bits per heavy atom. The standard InChI is InChI=1S/C14H22FNO3S/c1-3-8-20(17,18)9-7-19-14-6-5-12(10-13(14)15)11-16-4-2/h5-6,10,16H,3-4,7-9,11H2,1-2H3. The average molecular weight is 303 g/mol. The Morgan fingerprint density at radius 3 is 2.60 bits per heavy atom. The Balaban J connectivity index is 2.52. The lowest BCUT2D eigenvalue weighted by molar-refractivity contribution is 0.322. The highest BCUT2D eigenvalue weighted by atomic mass is 32.2. The zero-order valence-corrected chi connectivity index (χ0v) is 12.8. The molecule has 0 aliphatic carbocycles. The van der Waals surface area contributed by atoms with E-state index in [1.165, 1.54) is 12.1 Å². The molecule has 0 aromatic heterocycles. The minimum atomic E-state index is -3.09. The second-order valence-corrected chi connectivity index (χ2v) is 6.85. The number of ether oxygens (including phenoxy) is 1. The smallest absolute Gasteiger partial charge is 0.165 e. The van der Waals surface area contributed by atoms with Gasteiger partial charge in [-0.3, -0.25) is 0 Å². The molecule has 1 aromatic rings. The molecule has 0 bridgehead atoms. The molecule has 1 aromatic carbocycles. The van der Waals surface area contributed by atoms with Crippen LogP contribution in [0, 0.1) is 5.82 Å². The fraction of sp³-hybridized carbons (Fsp3) is 0.571. The van der Waals surface area contributed by atoms with Gasteiger partial charge in [-0.1, -0.05) is 19.9 Å². The molecule has 4 nitrogen and oxygen atoms in total. The minimum absolute atomic E-state index is 0.0220. The maximum absolute atomic E-state index is 13.7. The number of sulfone groups is 1. The largest absolute Gasteiger partial charge is 0.489 e. The second-order valence-electron chi connectivity index (χ2n) is 4.55. The predicted octanol–water partition coefficient (Wildman–Crippen LogP) is 2.14. The van der Waals surface area contributed by atoms with Gasteiger partial charge in [0.05, 0.1) is 11.5 Å². The van der Waals surface area contributed by atoms with Crippen LogP contribution in [-0.2, 0) is 16.4 Å². The van der Waals surface area contributed by atoms with E-state index < -0.39 is 15.7 Å². The van der Waals surface area contributed by atoms with Crippen molar-refractivity contribution in [3.63, 3.8) is 0 Å². The molecule has 0 spiro atoms. The van der Waals surface area contributed by atoms with Gasteiger partial charge in [-0.15, -0.1) is 0 Å². The van der Waals surface area contributed by atoms with Gasteiger partial charge >= 0.3 is 0 Å². The summed E-state index contributed by atoms with van der Waals surface area (Å²) in [5.41, 5.74) is 0.829. The molecule has 0 radical (unpaired) electrons. The lowest BCUT2D eigenvalue weighted by Crippen LogP contribution is -2.17. The van der Waals surface area contributed by atoms with Crippen LogP contribution in [-0.4, -0.2) is 33.1 Å². The topological polar surface area (TPSA) is 55.4 Å². The lowest BCUT2D eigenvalue weighted by atomic mass is 10.2. The maximum Gasteiger partial charge on any atom is 0.165 e. The van der Waals surface area contributed by atoms with Crippen LogP contribution in [0.15, 0.2) is 18.2 Å². The number of halogens is 1. The van der Waals surface area contributed by atoms with E-state index in [2.05, 4.69) is 5.32 Å². The second kappa shape index (κ2) is 8.21. The highest BCUT2D eigenvalue weighted by Crippen LogP contribution is 2.18. The Hall–Kier alpha value is -1.14. The van der Waals surface area contributed by atoms with E-state index in [4.69, 9.17) is 4.74 Å². The van der Waals surface area contributed by atoms with Crippen LogP contribution in [0.5, 0.6) is 5.75 Å². The maximum atomic E-state index is 13.7. The van der Waals surface area contributed by atoms with Gasteiger partial charge in [0.2, 0.25) is 0 Å². The molecule has 0 heterocycles. The summed E-state index contributed by atoms with van der Waals surface area (Å²) in [7, 11) is -3.09. The molecule has 0 saturated carbocycles. The highest BCUT2D eigenvalue weighted by molar-refractivity contribution is 7.91. The summed E-state index contributed by atoms with van der Waals surface area (Å²) in [5.74, 6) is -0.315. The highest BCUT2D eigenvalue weighted by Gasteiger charge is 2.11. The third-order valence-electron chi connectivity index (χ3n) is 2.74. The molecule has 0 aliphatic heterocycles. The van der Waals surface area contributed by atoms with Gasteiger partial charge in [-0.05, 0) is 30.7 Å². The van der Waals surface area contributed by atoms with E-state index in [1.807, 2.05) is 6.92 Å². The Morgan fingerprint density at radius 2 is 2.00 bits per heavy atom. The Kier molecular flexibility index (Phi) is 6.95. The summed E-state index contributed by atoms with van der Waals surface area (Å²) in [4.78, 5) is 0. The van der Waals surface area contributed by atoms with Crippen molar-refractivity contribution in [1.82, 2.24) is 5.32 Å². The van der Waals surface area contributed by atoms with Crippen molar-refractivity contribution in [3.8, 4) is 5.75 Å². The van der Waals surface area contributed by atoms with Gasteiger partial charge in [0.25, 0.3) is 0 Å². The van der Waals surface area contributed by atoms with Gasteiger partial charge in [-0.2, -0.15) is 0 Å². The normalized spacial score (nSPS) is 11.6. The van der Waals surface area contributed by atoms with Crippen molar-refractivity contribution in [2.24, 2.45) is 0 Å². The molecule has 0 amide bonds. The summed E-state index contributed by atoms with van der Waals surface area (Å²) in [6.07, 6.45) is 0.579. The van der Waals surface area contributed by atoms with E-state index in [0.717, 1.165) is 12.1 Å². The van der Waals surface area contributed by atoms with Crippen LogP contribution in [0.4, 0.5) is 4.39 Å². The molecular formula is C14H22FNO3S. The van der Waals surface area contributed by atoms with Crippen LogP contribution in [0.25, 0.3) is 0 Å². The molecule has 6 heteroatoms. The first-order valence-corrected chi connectivity index (χ1v) is 8.63. The molecule has 0 fully saturated rings. The zero-order valence-electron chi connectivity index (χ0n) is 12.0. The van der Waals surface area contributed by atoms with Crippen molar-refractivity contribution >= 4 is 9.84 Å². The zero-order chi connectivity index (χ0) is 15.0. The summed E-state index contributed by atoms with van der Waals surface area (Å²) >= 11 is 0. The first-order chi connectivity index (χ1) is 9.48. The molecule has 0 unspecified atom stereocenters. The third kappa shape index (κ3) is 5.88. The monoisotopic (exact) mass is 303 g/mol. The first-order valence-electron chi connectivity index (χ1n) is 6.81. The Labute approximate surface area is 120 Å². The molecule has 114 valence electrons. The van der Waals surface area contributed by atoms with Gasteiger partial charge < -0.3 is 10.1 Å². The van der Waals surface area contributed by atoms with E-state index in [0.29, 0.717) is 13.0 Å². The van der Waals surface area contributed by atoms with Crippen LogP contribution in [0.3, 0.4) is 0 Å². The summed E-state index contributed by atoms with van der Waals surface area (Å²) in [6, 6.07) is 4.70. The lowest BCUT2D eigenvalue weighted by Gasteiger charge is -2.09. The molecule has 20 heavy (non-hydrogen) atoms. The molecule has 0 aliphatic rings. The quantitative estimate of drug-likeness (QED) is 0.759. The predicted molar refractivity (Wildman–Crippen MR) is 78.2 cm³/mol. The molecule has 0 saturated heterocycles. The van der Waals surface area contributed by atoms with Crippen LogP contribution in [0.1, 0.15) is 25.8 Å².